The van der Waals surface area contributed by atoms with Gasteiger partial charge in [-0.1, -0.05) is 56.3 Å². The van der Waals surface area contributed by atoms with Gasteiger partial charge in [0, 0.05) is 16.8 Å². The highest BCUT2D eigenvalue weighted by Gasteiger charge is 2.36. The molecule has 0 saturated carbocycles. The molecule has 8 nitrogen and oxygen atoms in total. The summed E-state index contributed by atoms with van der Waals surface area (Å²) in [4.78, 5) is 26.4. The van der Waals surface area contributed by atoms with Gasteiger partial charge in [-0.25, -0.2) is 4.79 Å². The van der Waals surface area contributed by atoms with Crippen LogP contribution in [0.2, 0.25) is 0 Å². The van der Waals surface area contributed by atoms with Crippen molar-refractivity contribution in [3.8, 4) is 22.6 Å². The Kier molecular flexibility index (Phi) is 7.00. The van der Waals surface area contributed by atoms with Gasteiger partial charge in [0.15, 0.2) is 5.71 Å². The van der Waals surface area contributed by atoms with E-state index in [1.165, 1.54) is 12.1 Å². The van der Waals surface area contributed by atoms with Gasteiger partial charge in [0.1, 0.15) is 11.5 Å². The standard InChI is InChI=1S/C32H29N3O5/c1-18(2)21-12-14-26-28(17-21)35(23-13-11-19(3)20(4)15-23)31(37)29(26)34-33-27-10-6-9-25(30(27)36)22-7-5-8-24(16-22)40-32(38)39/h5-18,33,36H,1-4H3,(H,38,39). The van der Waals surface area contributed by atoms with Crippen molar-refractivity contribution in [3.63, 3.8) is 0 Å². The summed E-state index contributed by atoms with van der Waals surface area (Å²) in [5.41, 5.74) is 9.91. The third-order valence-electron chi connectivity index (χ3n) is 7.01. The molecule has 0 fully saturated rings. The molecule has 1 aliphatic heterocycles. The van der Waals surface area contributed by atoms with E-state index in [4.69, 9.17) is 9.84 Å². The number of ether oxygens (including phenoxy) is 1. The van der Waals surface area contributed by atoms with Crippen LogP contribution in [0.15, 0.2) is 84.0 Å². The van der Waals surface area contributed by atoms with E-state index >= 15 is 0 Å². The van der Waals surface area contributed by atoms with E-state index in [9.17, 15) is 14.7 Å². The monoisotopic (exact) mass is 535 g/mol. The number of hydrogen-bond acceptors (Lipinski definition) is 6. The number of anilines is 3. The van der Waals surface area contributed by atoms with Gasteiger partial charge in [-0.2, -0.15) is 5.10 Å². The maximum Gasteiger partial charge on any atom is 0.511 e. The van der Waals surface area contributed by atoms with Crippen molar-refractivity contribution in [1.82, 2.24) is 0 Å². The Morgan fingerprint density at radius 2 is 1.70 bits per heavy atom. The van der Waals surface area contributed by atoms with Crippen LogP contribution in [0.5, 0.6) is 11.5 Å². The Hall–Kier alpha value is -5.11. The highest BCUT2D eigenvalue weighted by atomic mass is 16.7. The van der Waals surface area contributed by atoms with Crippen molar-refractivity contribution in [3.05, 3.63) is 101 Å². The first-order valence-electron chi connectivity index (χ1n) is 12.9. The fourth-order valence-corrected chi connectivity index (χ4v) is 4.66. The number of carbonyl (C=O) groups is 2. The number of hydrazone groups is 1. The number of benzene rings is 4. The second kappa shape index (κ2) is 10.6. The molecule has 0 radical (unpaired) electrons. The lowest BCUT2D eigenvalue weighted by atomic mass is 10.00. The number of hydrogen-bond donors (Lipinski definition) is 3. The fraction of sp³-hybridized carbons (Fsp3) is 0.156. The van der Waals surface area contributed by atoms with Crippen LogP contribution in [-0.4, -0.2) is 28.0 Å². The largest absolute Gasteiger partial charge is 0.511 e. The lowest BCUT2D eigenvalue weighted by molar-refractivity contribution is -0.111. The van der Waals surface area contributed by atoms with E-state index in [1.807, 2.05) is 50.2 Å². The van der Waals surface area contributed by atoms with Gasteiger partial charge in [0.25, 0.3) is 5.91 Å². The number of aryl methyl sites for hydroxylation is 2. The zero-order valence-electron chi connectivity index (χ0n) is 22.6. The number of carbonyl (C=O) groups excluding carboxylic acids is 1. The number of phenolic OH excluding ortho intramolecular Hbond substituents is 1. The van der Waals surface area contributed by atoms with Crippen LogP contribution in [0.3, 0.4) is 0 Å². The molecule has 0 aromatic heterocycles. The molecule has 0 saturated heterocycles. The summed E-state index contributed by atoms with van der Waals surface area (Å²) < 4.78 is 4.75. The number of amides is 1. The number of nitrogens with one attached hydrogen (secondary N) is 1. The van der Waals surface area contributed by atoms with Crippen molar-refractivity contribution in [2.75, 3.05) is 10.3 Å². The lowest BCUT2D eigenvalue weighted by Gasteiger charge is -2.19. The summed E-state index contributed by atoms with van der Waals surface area (Å²) in [6.07, 6.45) is -1.43. The molecular weight excluding hydrogens is 506 g/mol. The number of rotatable bonds is 6. The number of carboxylic acid groups (broad SMARTS) is 1. The number of nitrogens with zero attached hydrogens (tertiary/aromatic N) is 2. The summed E-state index contributed by atoms with van der Waals surface area (Å²) >= 11 is 0. The van der Waals surface area contributed by atoms with E-state index in [0.717, 1.165) is 28.1 Å². The van der Waals surface area contributed by atoms with Crippen LogP contribution in [0.1, 0.15) is 42.0 Å². The van der Waals surface area contributed by atoms with Crippen molar-refractivity contribution in [2.45, 2.75) is 33.6 Å². The molecule has 0 aliphatic carbocycles. The minimum Gasteiger partial charge on any atom is -0.505 e. The molecule has 3 N–H and O–H groups in total. The molecule has 4 aromatic rings. The van der Waals surface area contributed by atoms with Gasteiger partial charge in [0.05, 0.1) is 11.4 Å². The second-order valence-corrected chi connectivity index (χ2v) is 10.0. The van der Waals surface area contributed by atoms with E-state index in [0.29, 0.717) is 16.7 Å². The van der Waals surface area contributed by atoms with Crippen LogP contribution in [0.4, 0.5) is 21.9 Å². The van der Waals surface area contributed by atoms with Crippen molar-refractivity contribution in [1.29, 1.82) is 0 Å². The Morgan fingerprint density at radius 1 is 0.925 bits per heavy atom. The fourth-order valence-electron chi connectivity index (χ4n) is 4.66. The molecule has 5 rings (SSSR count). The molecule has 0 unspecified atom stereocenters. The molecule has 4 aromatic carbocycles. The second-order valence-electron chi connectivity index (χ2n) is 10.0. The first kappa shape index (κ1) is 26.5. The highest BCUT2D eigenvalue weighted by Crippen LogP contribution is 2.40. The summed E-state index contributed by atoms with van der Waals surface area (Å²) in [6.45, 7) is 8.26. The number of aromatic hydroxyl groups is 1. The quantitative estimate of drug-likeness (QED) is 0.103. The van der Waals surface area contributed by atoms with Crippen LogP contribution in [0.25, 0.3) is 11.1 Å². The maximum atomic E-state index is 13.8. The third kappa shape index (κ3) is 4.99. The zero-order valence-corrected chi connectivity index (χ0v) is 22.6. The summed E-state index contributed by atoms with van der Waals surface area (Å²) in [6, 6.07) is 23.3. The minimum atomic E-state index is -1.43. The number of fused-ring (bicyclic) bond motifs is 1. The van der Waals surface area contributed by atoms with Crippen molar-refractivity contribution < 1.29 is 24.5 Å². The van der Waals surface area contributed by atoms with E-state index in [-0.39, 0.29) is 34.7 Å². The molecule has 0 bridgehead atoms. The molecule has 0 atom stereocenters. The predicted molar refractivity (Wildman–Crippen MR) is 156 cm³/mol. The van der Waals surface area contributed by atoms with Gasteiger partial charge < -0.3 is 14.9 Å². The smallest absolute Gasteiger partial charge is 0.505 e. The Bertz CT molecular complexity index is 1680. The van der Waals surface area contributed by atoms with Crippen molar-refractivity contribution in [2.24, 2.45) is 5.10 Å². The van der Waals surface area contributed by atoms with Crippen LogP contribution in [-0.2, 0) is 4.79 Å². The molecule has 1 aliphatic rings. The van der Waals surface area contributed by atoms with Gasteiger partial charge >= 0.3 is 6.16 Å². The van der Waals surface area contributed by atoms with E-state index in [2.05, 4.69) is 24.4 Å². The lowest BCUT2D eigenvalue weighted by Crippen LogP contribution is -2.26. The summed E-state index contributed by atoms with van der Waals surface area (Å²) in [5.74, 6) is 0.0237. The average Bonchev–Trinajstić information content (AvgIpc) is 3.19. The van der Waals surface area contributed by atoms with Gasteiger partial charge in [-0.05, 0) is 78.4 Å². The first-order chi connectivity index (χ1) is 19.1. The van der Waals surface area contributed by atoms with E-state index in [1.54, 1.807) is 35.2 Å². The van der Waals surface area contributed by atoms with Gasteiger partial charge in [-0.15, -0.1) is 0 Å². The Labute approximate surface area is 232 Å². The normalized spacial score (nSPS) is 13.6. The Balaban J connectivity index is 1.53. The highest BCUT2D eigenvalue weighted by molar-refractivity contribution is 6.55. The van der Waals surface area contributed by atoms with Gasteiger partial charge in [0.2, 0.25) is 0 Å². The van der Waals surface area contributed by atoms with E-state index < -0.39 is 6.16 Å². The third-order valence-corrected chi connectivity index (χ3v) is 7.01. The zero-order chi connectivity index (χ0) is 28.6. The maximum absolute atomic E-state index is 13.8. The summed E-state index contributed by atoms with van der Waals surface area (Å²) in [7, 11) is 0. The molecular formula is C32H29N3O5. The van der Waals surface area contributed by atoms with Crippen LogP contribution in [0, 0.1) is 13.8 Å². The summed E-state index contributed by atoms with van der Waals surface area (Å²) in [5, 5.41) is 24.4. The number of phenols is 1. The molecule has 1 heterocycles. The topological polar surface area (TPSA) is 111 Å². The first-order valence-corrected chi connectivity index (χ1v) is 12.9. The SMILES string of the molecule is Cc1ccc(N2C(=O)C(=NNc3cccc(-c4cccc(OC(=O)O)c4)c3O)c3ccc(C(C)C)cc32)cc1C. The Morgan fingerprint density at radius 3 is 2.42 bits per heavy atom. The van der Waals surface area contributed by atoms with Gasteiger partial charge in [-0.3, -0.25) is 15.1 Å². The van der Waals surface area contributed by atoms with Crippen LogP contribution < -0.4 is 15.1 Å². The molecule has 1 amide bonds. The molecule has 40 heavy (non-hydrogen) atoms. The van der Waals surface area contributed by atoms with Crippen LogP contribution >= 0.6 is 0 Å². The number of para-hydroxylation sites is 1. The van der Waals surface area contributed by atoms with Crippen molar-refractivity contribution >= 4 is 34.8 Å². The molecule has 202 valence electrons. The predicted octanol–water partition coefficient (Wildman–Crippen LogP) is 7.35. The molecule has 8 heteroatoms. The average molecular weight is 536 g/mol. The minimum absolute atomic E-state index is 0.105. The molecule has 0 spiro atoms.